The molecular formula is C11H16N2OS. The average Bonchev–Trinajstić information content (AvgIpc) is 2.85. The normalized spacial score (nSPS) is 22.0. The fourth-order valence-corrected chi connectivity index (χ4v) is 2.90. The molecule has 3 nitrogen and oxygen atoms in total. The molecule has 2 N–H and O–H groups in total. The summed E-state index contributed by atoms with van der Waals surface area (Å²) in [5, 5.41) is 4.31. The van der Waals surface area contributed by atoms with Crippen molar-refractivity contribution in [3.63, 3.8) is 0 Å². The van der Waals surface area contributed by atoms with E-state index in [1.807, 2.05) is 0 Å². The maximum Gasteiger partial charge on any atom is 0.218 e. The fraction of sp³-hybridized carbons (Fsp3) is 0.545. The molecule has 82 valence electrons. The van der Waals surface area contributed by atoms with Gasteiger partial charge in [0.2, 0.25) is 5.91 Å². The number of hydrogen-bond acceptors (Lipinski definition) is 3. The zero-order chi connectivity index (χ0) is 10.7. The summed E-state index contributed by atoms with van der Waals surface area (Å²) in [7, 11) is 0. The molecule has 1 amide bonds. The Hall–Kier alpha value is -0.870. The Morgan fingerprint density at radius 1 is 1.67 bits per heavy atom. The van der Waals surface area contributed by atoms with E-state index < -0.39 is 0 Å². The van der Waals surface area contributed by atoms with Crippen LogP contribution in [0.2, 0.25) is 0 Å². The van der Waals surface area contributed by atoms with E-state index in [2.05, 4.69) is 21.7 Å². The van der Waals surface area contributed by atoms with E-state index in [1.165, 1.54) is 18.4 Å². The van der Waals surface area contributed by atoms with Crippen LogP contribution in [-0.4, -0.2) is 23.9 Å². The second-order valence-corrected chi connectivity index (χ2v) is 4.75. The SMILES string of the molecule is NC(=O)CCN1CCCC1c1ccsc1. The van der Waals surface area contributed by atoms with Gasteiger partial charge < -0.3 is 5.73 Å². The Labute approximate surface area is 93.9 Å². The number of amides is 1. The summed E-state index contributed by atoms with van der Waals surface area (Å²) in [6.45, 7) is 1.89. The number of carbonyl (C=O) groups is 1. The van der Waals surface area contributed by atoms with Gasteiger partial charge in [-0.15, -0.1) is 0 Å². The summed E-state index contributed by atoms with van der Waals surface area (Å²) in [6, 6.07) is 2.69. The standard InChI is InChI=1S/C11H16N2OS/c12-11(14)3-6-13-5-1-2-10(13)9-4-7-15-8-9/h4,7-8,10H,1-3,5-6H2,(H2,12,14). The number of carbonyl (C=O) groups excluding carboxylic acids is 1. The number of likely N-dealkylation sites (tertiary alicyclic amines) is 1. The third-order valence-electron chi connectivity index (χ3n) is 2.94. The first-order valence-electron chi connectivity index (χ1n) is 5.32. The smallest absolute Gasteiger partial charge is 0.218 e. The summed E-state index contributed by atoms with van der Waals surface area (Å²) in [5.41, 5.74) is 6.56. The molecule has 1 unspecified atom stereocenters. The molecule has 15 heavy (non-hydrogen) atoms. The molecule has 0 bridgehead atoms. The van der Waals surface area contributed by atoms with Crippen molar-refractivity contribution in [1.29, 1.82) is 0 Å². The Morgan fingerprint density at radius 2 is 2.53 bits per heavy atom. The predicted molar refractivity (Wildman–Crippen MR) is 61.7 cm³/mol. The number of thiophene rings is 1. The van der Waals surface area contributed by atoms with Gasteiger partial charge in [0, 0.05) is 19.0 Å². The van der Waals surface area contributed by atoms with Crippen LogP contribution in [0, 0.1) is 0 Å². The first kappa shape index (κ1) is 10.6. The number of nitrogens with zero attached hydrogens (tertiary/aromatic N) is 1. The lowest BCUT2D eigenvalue weighted by Gasteiger charge is -2.23. The van der Waals surface area contributed by atoms with Gasteiger partial charge in [-0.2, -0.15) is 11.3 Å². The highest BCUT2D eigenvalue weighted by molar-refractivity contribution is 7.07. The van der Waals surface area contributed by atoms with E-state index in [0.717, 1.165) is 13.1 Å². The van der Waals surface area contributed by atoms with E-state index >= 15 is 0 Å². The first-order valence-corrected chi connectivity index (χ1v) is 6.26. The van der Waals surface area contributed by atoms with Gasteiger partial charge in [0.15, 0.2) is 0 Å². The molecule has 0 saturated carbocycles. The van der Waals surface area contributed by atoms with Crippen molar-refractivity contribution in [3.8, 4) is 0 Å². The van der Waals surface area contributed by atoms with E-state index in [-0.39, 0.29) is 5.91 Å². The molecule has 1 saturated heterocycles. The van der Waals surface area contributed by atoms with Gasteiger partial charge in [0.05, 0.1) is 0 Å². The highest BCUT2D eigenvalue weighted by Gasteiger charge is 2.25. The molecule has 1 aliphatic rings. The Balaban J connectivity index is 1.96. The third-order valence-corrected chi connectivity index (χ3v) is 3.64. The topological polar surface area (TPSA) is 46.3 Å². The quantitative estimate of drug-likeness (QED) is 0.847. The Morgan fingerprint density at radius 3 is 3.20 bits per heavy atom. The summed E-state index contributed by atoms with van der Waals surface area (Å²) >= 11 is 1.73. The van der Waals surface area contributed by atoms with Gasteiger partial charge in [-0.3, -0.25) is 9.69 Å². The van der Waals surface area contributed by atoms with E-state index in [0.29, 0.717) is 12.5 Å². The lowest BCUT2D eigenvalue weighted by molar-refractivity contribution is -0.118. The van der Waals surface area contributed by atoms with Crippen LogP contribution in [0.25, 0.3) is 0 Å². The zero-order valence-electron chi connectivity index (χ0n) is 8.69. The van der Waals surface area contributed by atoms with Gasteiger partial charge in [-0.05, 0) is 41.8 Å². The molecule has 2 heterocycles. The van der Waals surface area contributed by atoms with Crippen LogP contribution in [0.5, 0.6) is 0 Å². The van der Waals surface area contributed by atoms with Crippen LogP contribution in [0.4, 0.5) is 0 Å². The Bertz CT molecular complexity index is 323. The van der Waals surface area contributed by atoms with Crippen molar-refractivity contribution in [2.45, 2.75) is 25.3 Å². The summed E-state index contributed by atoms with van der Waals surface area (Å²) in [6.07, 6.45) is 2.90. The van der Waals surface area contributed by atoms with Gasteiger partial charge in [0.1, 0.15) is 0 Å². The molecular weight excluding hydrogens is 208 g/mol. The zero-order valence-corrected chi connectivity index (χ0v) is 9.50. The lowest BCUT2D eigenvalue weighted by Crippen LogP contribution is -2.27. The van der Waals surface area contributed by atoms with Crippen molar-refractivity contribution in [3.05, 3.63) is 22.4 Å². The minimum Gasteiger partial charge on any atom is -0.370 e. The molecule has 1 aromatic heterocycles. The molecule has 1 aromatic rings. The van der Waals surface area contributed by atoms with Gasteiger partial charge in [-0.25, -0.2) is 0 Å². The molecule has 2 rings (SSSR count). The molecule has 0 aliphatic carbocycles. The molecule has 0 spiro atoms. The maximum atomic E-state index is 10.7. The lowest BCUT2D eigenvalue weighted by atomic mass is 10.1. The van der Waals surface area contributed by atoms with Crippen molar-refractivity contribution in [2.24, 2.45) is 5.73 Å². The molecule has 4 heteroatoms. The van der Waals surface area contributed by atoms with Gasteiger partial charge >= 0.3 is 0 Å². The largest absolute Gasteiger partial charge is 0.370 e. The van der Waals surface area contributed by atoms with Crippen LogP contribution in [0.15, 0.2) is 16.8 Å². The van der Waals surface area contributed by atoms with Crippen molar-refractivity contribution in [2.75, 3.05) is 13.1 Å². The van der Waals surface area contributed by atoms with E-state index in [9.17, 15) is 4.79 Å². The average molecular weight is 224 g/mol. The number of primary amides is 1. The Kier molecular flexibility index (Phi) is 3.38. The van der Waals surface area contributed by atoms with Crippen LogP contribution in [0.3, 0.4) is 0 Å². The second-order valence-electron chi connectivity index (χ2n) is 3.97. The fourth-order valence-electron chi connectivity index (χ4n) is 2.19. The monoisotopic (exact) mass is 224 g/mol. The minimum absolute atomic E-state index is 0.203. The van der Waals surface area contributed by atoms with Crippen molar-refractivity contribution >= 4 is 17.2 Å². The molecule has 1 aliphatic heterocycles. The second kappa shape index (κ2) is 4.77. The third kappa shape index (κ3) is 2.58. The molecule has 0 radical (unpaired) electrons. The van der Waals surface area contributed by atoms with Crippen LogP contribution >= 0.6 is 11.3 Å². The minimum atomic E-state index is -0.203. The predicted octanol–water partition coefficient (Wildman–Crippen LogP) is 1.76. The molecule has 0 aromatic carbocycles. The van der Waals surface area contributed by atoms with Crippen molar-refractivity contribution in [1.82, 2.24) is 4.90 Å². The number of nitrogens with two attached hydrogens (primary N) is 1. The number of rotatable bonds is 4. The van der Waals surface area contributed by atoms with E-state index in [4.69, 9.17) is 5.73 Å². The molecule has 1 atom stereocenters. The first-order chi connectivity index (χ1) is 7.27. The number of hydrogen-bond donors (Lipinski definition) is 1. The van der Waals surface area contributed by atoms with Crippen LogP contribution in [-0.2, 0) is 4.79 Å². The summed E-state index contributed by atoms with van der Waals surface area (Å²) in [5.74, 6) is -0.203. The summed E-state index contributed by atoms with van der Waals surface area (Å²) < 4.78 is 0. The van der Waals surface area contributed by atoms with E-state index in [1.54, 1.807) is 11.3 Å². The van der Waals surface area contributed by atoms with Gasteiger partial charge in [-0.1, -0.05) is 0 Å². The van der Waals surface area contributed by atoms with Crippen LogP contribution < -0.4 is 5.73 Å². The molecule has 1 fully saturated rings. The van der Waals surface area contributed by atoms with Gasteiger partial charge in [0.25, 0.3) is 0 Å². The highest BCUT2D eigenvalue weighted by Crippen LogP contribution is 2.32. The maximum absolute atomic E-state index is 10.7. The summed E-state index contributed by atoms with van der Waals surface area (Å²) in [4.78, 5) is 13.1. The van der Waals surface area contributed by atoms with Crippen LogP contribution in [0.1, 0.15) is 30.9 Å². The van der Waals surface area contributed by atoms with Crippen molar-refractivity contribution < 1.29 is 4.79 Å². The highest BCUT2D eigenvalue weighted by atomic mass is 32.1.